The van der Waals surface area contributed by atoms with Crippen molar-refractivity contribution >= 4 is 17.6 Å². The van der Waals surface area contributed by atoms with Crippen LogP contribution in [0.1, 0.15) is 31.2 Å². The molecular formula is C17H21N7O. The lowest BCUT2D eigenvalue weighted by molar-refractivity contribution is 0.0985. The van der Waals surface area contributed by atoms with Crippen molar-refractivity contribution in [1.82, 2.24) is 20.2 Å². The van der Waals surface area contributed by atoms with Crippen molar-refractivity contribution in [2.45, 2.75) is 38.1 Å². The maximum Gasteiger partial charge on any atom is 0.230 e. The molecule has 2 fully saturated rings. The lowest BCUT2D eigenvalue weighted by atomic mass is 10.0. The van der Waals surface area contributed by atoms with E-state index in [9.17, 15) is 5.26 Å². The van der Waals surface area contributed by atoms with Crippen molar-refractivity contribution in [3.63, 3.8) is 0 Å². The van der Waals surface area contributed by atoms with Crippen LogP contribution in [0.15, 0.2) is 12.1 Å². The van der Waals surface area contributed by atoms with Crippen molar-refractivity contribution < 1.29 is 4.74 Å². The number of aromatic nitrogens is 4. The maximum atomic E-state index is 9.57. The largest absolute Gasteiger partial charge is 0.377 e. The molecule has 0 radical (unpaired) electrons. The Hall–Kier alpha value is -2.66. The van der Waals surface area contributed by atoms with Crippen LogP contribution in [-0.4, -0.2) is 46.0 Å². The normalized spacial score (nSPS) is 21.6. The van der Waals surface area contributed by atoms with E-state index in [1.54, 1.807) is 0 Å². The molecule has 1 saturated heterocycles. The SMILES string of the molecule is Cc1cc(Nc2nc(N3CCOC[C@H]3C)cc(C3(C#N)CC3)n2)[nH]n1. The van der Waals surface area contributed by atoms with E-state index in [1.807, 2.05) is 19.1 Å². The number of aromatic amines is 1. The van der Waals surface area contributed by atoms with E-state index >= 15 is 0 Å². The molecule has 0 spiro atoms. The second-order valence-corrected chi connectivity index (χ2v) is 6.79. The monoisotopic (exact) mass is 339 g/mol. The Kier molecular flexibility index (Phi) is 3.81. The standard InChI is InChI=1S/C17H21N7O/c1-11-7-14(23-22-11)20-16-19-13(17(10-18)3-4-17)8-15(21-16)24-5-6-25-9-12(24)2/h7-8,12H,3-6,9H2,1-2H3,(H2,19,20,21,22,23)/t12-/m1/s1. The van der Waals surface area contributed by atoms with Crippen molar-refractivity contribution in [2.75, 3.05) is 30.0 Å². The molecular weight excluding hydrogens is 318 g/mol. The van der Waals surface area contributed by atoms with E-state index in [0.29, 0.717) is 19.2 Å². The Morgan fingerprint density at radius 1 is 1.40 bits per heavy atom. The zero-order valence-corrected chi connectivity index (χ0v) is 14.4. The molecule has 8 heteroatoms. The molecule has 2 N–H and O–H groups in total. The first kappa shape index (κ1) is 15.8. The summed E-state index contributed by atoms with van der Waals surface area (Å²) in [6.45, 7) is 6.15. The number of hydrogen-bond acceptors (Lipinski definition) is 7. The molecule has 8 nitrogen and oxygen atoms in total. The van der Waals surface area contributed by atoms with Gasteiger partial charge in [0.25, 0.3) is 0 Å². The predicted octanol–water partition coefficient (Wildman–Crippen LogP) is 2.03. The summed E-state index contributed by atoms with van der Waals surface area (Å²) in [5, 5.41) is 19.8. The smallest absolute Gasteiger partial charge is 0.230 e. The van der Waals surface area contributed by atoms with Gasteiger partial charge >= 0.3 is 0 Å². The van der Waals surface area contributed by atoms with Gasteiger partial charge in [-0.15, -0.1) is 0 Å². The van der Waals surface area contributed by atoms with Crippen molar-refractivity contribution in [1.29, 1.82) is 5.26 Å². The van der Waals surface area contributed by atoms with Gasteiger partial charge in [0.1, 0.15) is 11.6 Å². The van der Waals surface area contributed by atoms with Crippen LogP contribution < -0.4 is 10.2 Å². The number of morpholine rings is 1. The number of nitriles is 1. The van der Waals surface area contributed by atoms with E-state index in [4.69, 9.17) is 4.74 Å². The molecule has 2 aromatic heterocycles. The van der Waals surface area contributed by atoms with Crippen LogP contribution in [-0.2, 0) is 10.2 Å². The highest BCUT2D eigenvalue weighted by Gasteiger charge is 2.47. The summed E-state index contributed by atoms with van der Waals surface area (Å²) >= 11 is 0. The van der Waals surface area contributed by atoms with Crippen LogP contribution in [0.25, 0.3) is 0 Å². The van der Waals surface area contributed by atoms with E-state index in [-0.39, 0.29) is 6.04 Å². The lowest BCUT2D eigenvalue weighted by Gasteiger charge is -2.34. The number of rotatable bonds is 4. The second-order valence-electron chi connectivity index (χ2n) is 6.79. The number of hydrogen-bond donors (Lipinski definition) is 2. The molecule has 130 valence electrons. The van der Waals surface area contributed by atoms with E-state index < -0.39 is 5.41 Å². The minimum Gasteiger partial charge on any atom is -0.377 e. The predicted molar refractivity (Wildman–Crippen MR) is 92.8 cm³/mol. The van der Waals surface area contributed by atoms with E-state index in [0.717, 1.165) is 42.4 Å². The van der Waals surface area contributed by atoms with Crippen LogP contribution in [0, 0.1) is 18.3 Å². The minimum atomic E-state index is -0.465. The molecule has 0 amide bonds. The summed E-state index contributed by atoms with van der Waals surface area (Å²) in [5.74, 6) is 2.05. The highest BCUT2D eigenvalue weighted by atomic mass is 16.5. The van der Waals surface area contributed by atoms with Gasteiger partial charge in [0.05, 0.1) is 42.1 Å². The summed E-state index contributed by atoms with van der Waals surface area (Å²) in [6.07, 6.45) is 1.70. The van der Waals surface area contributed by atoms with Gasteiger partial charge < -0.3 is 15.0 Å². The molecule has 1 atom stereocenters. The molecule has 0 bridgehead atoms. The summed E-state index contributed by atoms with van der Waals surface area (Å²) in [7, 11) is 0. The number of H-pyrrole nitrogens is 1. The molecule has 4 rings (SSSR count). The third kappa shape index (κ3) is 3.03. The van der Waals surface area contributed by atoms with Crippen LogP contribution in [0.2, 0.25) is 0 Å². The van der Waals surface area contributed by atoms with Crippen molar-refractivity contribution in [3.8, 4) is 6.07 Å². The quantitative estimate of drug-likeness (QED) is 0.878. The average molecular weight is 339 g/mol. The second kappa shape index (κ2) is 6.01. The van der Waals surface area contributed by atoms with Gasteiger partial charge in [-0.1, -0.05) is 0 Å². The summed E-state index contributed by atoms with van der Waals surface area (Å²) in [6, 6.07) is 6.51. The van der Waals surface area contributed by atoms with Crippen molar-refractivity contribution in [2.24, 2.45) is 0 Å². The van der Waals surface area contributed by atoms with Crippen LogP contribution in [0.3, 0.4) is 0 Å². The van der Waals surface area contributed by atoms with Gasteiger partial charge in [0.2, 0.25) is 5.95 Å². The third-order valence-electron chi connectivity index (χ3n) is 4.78. The van der Waals surface area contributed by atoms with E-state index in [2.05, 4.69) is 43.4 Å². The summed E-state index contributed by atoms with van der Waals surface area (Å²) in [4.78, 5) is 11.5. The van der Waals surface area contributed by atoms with Gasteiger partial charge in [-0.2, -0.15) is 15.3 Å². The molecule has 25 heavy (non-hydrogen) atoms. The van der Waals surface area contributed by atoms with Gasteiger partial charge in [-0.3, -0.25) is 5.10 Å². The lowest BCUT2D eigenvalue weighted by Crippen LogP contribution is -2.44. The zero-order valence-electron chi connectivity index (χ0n) is 14.4. The fraction of sp³-hybridized carbons (Fsp3) is 0.529. The number of anilines is 3. The molecule has 3 heterocycles. The molecule has 2 aromatic rings. The fourth-order valence-electron chi connectivity index (χ4n) is 3.11. The molecule has 1 aliphatic carbocycles. The van der Waals surface area contributed by atoms with E-state index in [1.165, 1.54) is 0 Å². The first-order chi connectivity index (χ1) is 12.1. The Labute approximate surface area is 146 Å². The molecule has 1 aliphatic heterocycles. The minimum absolute atomic E-state index is 0.232. The summed E-state index contributed by atoms with van der Waals surface area (Å²) < 4.78 is 5.53. The Bertz CT molecular complexity index is 821. The zero-order chi connectivity index (χ0) is 17.4. The fourth-order valence-corrected chi connectivity index (χ4v) is 3.11. The van der Waals surface area contributed by atoms with Crippen molar-refractivity contribution in [3.05, 3.63) is 23.5 Å². The average Bonchev–Trinajstić information content (AvgIpc) is 3.32. The van der Waals surface area contributed by atoms with Crippen LogP contribution >= 0.6 is 0 Å². The Morgan fingerprint density at radius 3 is 2.88 bits per heavy atom. The van der Waals surface area contributed by atoms with Crippen LogP contribution in [0.5, 0.6) is 0 Å². The highest BCUT2D eigenvalue weighted by molar-refractivity contribution is 5.55. The number of aryl methyl sites for hydroxylation is 1. The Morgan fingerprint density at radius 2 is 2.24 bits per heavy atom. The number of ether oxygens (including phenoxy) is 1. The van der Waals surface area contributed by atoms with Gasteiger partial charge in [0.15, 0.2) is 0 Å². The van der Waals surface area contributed by atoms with Gasteiger partial charge in [-0.05, 0) is 26.7 Å². The molecule has 0 aromatic carbocycles. The molecule has 1 saturated carbocycles. The maximum absolute atomic E-state index is 9.57. The Balaban J connectivity index is 1.71. The van der Waals surface area contributed by atoms with Gasteiger partial charge in [-0.25, -0.2) is 4.98 Å². The first-order valence-electron chi connectivity index (χ1n) is 8.54. The number of nitrogens with zero attached hydrogens (tertiary/aromatic N) is 5. The van der Waals surface area contributed by atoms with Crippen LogP contribution in [0.4, 0.5) is 17.6 Å². The van der Waals surface area contributed by atoms with Gasteiger partial charge in [0, 0.05) is 18.7 Å². The highest BCUT2D eigenvalue weighted by Crippen LogP contribution is 2.47. The summed E-state index contributed by atoms with van der Waals surface area (Å²) in [5.41, 5.74) is 1.21. The molecule has 0 unspecified atom stereocenters. The first-order valence-corrected chi connectivity index (χ1v) is 8.54. The molecule has 2 aliphatic rings. The topological polar surface area (TPSA) is 103 Å². The number of nitrogens with one attached hydrogen (secondary N) is 2. The third-order valence-corrected chi connectivity index (χ3v) is 4.78.